The zero-order chi connectivity index (χ0) is 16.1. The molecule has 2 heterocycles. The van der Waals surface area contributed by atoms with Gasteiger partial charge in [-0.25, -0.2) is 0 Å². The number of benzene rings is 1. The average molecular weight is 329 g/mol. The molecule has 3 rings (SSSR count). The molecule has 122 valence electrons. The van der Waals surface area contributed by atoms with Gasteiger partial charge in [0.15, 0.2) is 0 Å². The molecule has 1 saturated heterocycles. The summed E-state index contributed by atoms with van der Waals surface area (Å²) in [4.78, 5) is 16.2. The van der Waals surface area contributed by atoms with Crippen LogP contribution in [-0.4, -0.2) is 30.4 Å². The van der Waals surface area contributed by atoms with Crippen molar-refractivity contribution in [2.45, 2.75) is 25.4 Å². The van der Waals surface area contributed by atoms with Crippen molar-refractivity contribution in [2.75, 3.05) is 19.6 Å². The lowest BCUT2D eigenvalue weighted by Gasteiger charge is -2.26. The van der Waals surface area contributed by atoms with Crippen molar-refractivity contribution in [1.82, 2.24) is 10.2 Å². The van der Waals surface area contributed by atoms with Crippen LogP contribution in [0.5, 0.6) is 0 Å². The Morgan fingerprint density at radius 1 is 1.22 bits per heavy atom. The number of hydrogen-bond donors (Lipinski definition) is 2. The second kappa shape index (κ2) is 7.73. The van der Waals surface area contributed by atoms with Gasteiger partial charge in [-0.2, -0.15) is 0 Å². The van der Waals surface area contributed by atoms with Crippen LogP contribution in [0.4, 0.5) is 0 Å². The molecule has 1 fully saturated rings. The first-order chi connectivity index (χ1) is 11.3. The Bertz CT molecular complexity index is 618. The zero-order valence-electron chi connectivity index (χ0n) is 13.2. The fourth-order valence-electron chi connectivity index (χ4n) is 3.03. The van der Waals surface area contributed by atoms with Crippen molar-refractivity contribution in [3.05, 3.63) is 57.8 Å². The van der Waals surface area contributed by atoms with Crippen molar-refractivity contribution in [3.8, 4) is 0 Å². The van der Waals surface area contributed by atoms with Crippen molar-refractivity contribution in [3.63, 3.8) is 0 Å². The molecule has 0 saturated carbocycles. The number of carbonyl (C=O) groups is 1. The minimum Gasteiger partial charge on any atom is -0.350 e. The molecule has 1 aromatic carbocycles. The van der Waals surface area contributed by atoms with Crippen LogP contribution in [0.2, 0.25) is 0 Å². The molecule has 0 bridgehead atoms. The second-order valence-corrected chi connectivity index (χ2v) is 6.86. The summed E-state index contributed by atoms with van der Waals surface area (Å²) in [5.41, 5.74) is 7.32. The quantitative estimate of drug-likeness (QED) is 0.857. The number of likely N-dealkylation sites (tertiary alicyclic amines) is 1. The van der Waals surface area contributed by atoms with Gasteiger partial charge >= 0.3 is 0 Å². The summed E-state index contributed by atoms with van der Waals surface area (Å²) in [7, 11) is 0. The molecule has 23 heavy (non-hydrogen) atoms. The van der Waals surface area contributed by atoms with Gasteiger partial charge in [0.05, 0.1) is 6.04 Å². The standard InChI is InChI=1S/C18H23N3OS/c19-12-14-5-7-15(8-6-14)18(22)20-13-16(17-4-3-11-23-17)21-9-1-2-10-21/h3-8,11,16H,1-2,9-10,12-13,19H2,(H,20,22). The van der Waals surface area contributed by atoms with Crippen molar-refractivity contribution < 1.29 is 4.79 Å². The first kappa shape index (κ1) is 16.2. The molecule has 0 radical (unpaired) electrons. The summed E-state index contributed by atoms with van der Waals surface area (Å²) in [6, 6.07) is 12.0. The molecule has 2 aromatic rings. The van der Waals surface area contributed by atoms with Crippen LogP contribution in [0.1, 0.15) is 39.7 Å². The predicted octanol–water partition coefficient (Wildman–Crippen LogP) is 2.77. The normalized spacial score (nSPS) is 16.4. The van der Waals surface area contributed by atoms with Crippen LogP contribution >= 0.6 is 11.3 Å². The number of amides is 1. The number of hydrogen-bond acceptors (Lipinski definition) is 4. The lowest BCUT2D eigenvalue weighted by Crippen LogP contribution is -2.36. The third kappa shape index (κ3) is 3.99. The van der Waals surface area contributed by atoms with E-state index in [0.29, 0.717) is 18.7 Å². The number of nitrogens with zero attached hydrogens (tertiary/aromatic N) is 1. The van der Waals surface area contributed by atoms with Crippen molar-refractivity contribution in [2.24, 2.45) is 5.73 Å². The second-order valence-electron chi connectivity index (χ2n) is 5.89. The summed E-state index contributed by atoms with van der Waals surface area (Å²) in [5.74, 6) is -0.0191. The van der Waals surface area contributed by atoms with Crippen LogP contribution in [0, 0.1) is 0 Å². The Balaban J connectivity index is 1.64. The lowest BCUT2D eigenvalue weighted by molar-refractivity contribution is 0.0938. The fraction of sp³-hybridized carbons (Fsp3) is 0.389. The first-order valence-corrected chi connectivity index (χ1v) is 9.00. The van der Waals surface area contributed by atoms with Gasteiger partial charge in [0.25, 0.3) is 5.91 Å². The molecule has 1 amide bonds. The maximum Gasteiger partial charge on any atom is 0.251 e. The van der Waals surface area contributed by atoms with E-state index < -0.39 is 0 Å². The fourth-order valence-corrected chi connectivity index (χ4v) is 3.89. The molecule has 0 spiro atoms. The van der Waals surface area contributed by atoms with E-state index in [0.717, 1.165) is 18.7 Å². The van der Waals surface area contributed by atoms with Crippen molar-refractivity contribution in [1.29, 1.82) is 0 Å². The number of nitrogens with two attached hydrogens (primary N) is 1. The molecular formula is C18H23N3OS. The third-order valence-corrected chi connectivity index (χ3v) is 5.33. The van der Waals surface area contributed by atoms with E-state index in [9.17, 15) is 4.79 Å². The van der Waals surface area contributed by atoms with E-state index >= 15 is 0 Å². The van der Waals surface area contributed by atoms with Crippen LogP contribution in [-0.2, 0) is 6.54 Å². The Hall–Kier alpha value is -1.69. The summed E-state index contributed by atoms with van der Waals surface area (Å²) in [6.07, 6.45) is 2.49. The number of nitrogens with one attached hydrogen (secondary N) is 1. The van der Waals surface area contributed by atoms with Gasteiger partial charge < -0.3 is 11.1 Å². The smallest absolute Gasteiger partial charge is 0.251 e. The predicted molar refractivity (Wildman–Crippen MR) is 94.5 cm³/mol. The molecule has 4 nitrogen and oxygen atoms in total. The molecule has 0 aliphatic carbocycles. The van der Waals surface area contributed by atoms with Gasteiger partial charge in [0.2, 0.25) is 0 Å². The van der Waals surface area contributed by atoms with E-state index in [1.807, 2.05) is 24.3 Å². The summed E-state index contributed by atoms with van der Waals surface area (Å²) >= 11 is 1.76. The van der Waals surface area contributed by atoms with E-state index in [4.69, 9.17) is 5.73 Å². The topological polar surface area (TPSA) is 58.4 Å². The Kier molecular flexibility index (Phi) is 5.43. The van der Waals surface area contributed by atoms with Crippen LogP contribution in [0.15, 0.2) is 41.8 Å². The maximum absolute atomic E-state index is 12.4. The number of carbonyl (C=O) groups excluding carboxylic acids is 1. The van der Waals surface area contributed by atoms with Gasteiger partial charge in [0, 0.05) is 23.5 Å². The van der Waals surface area contributed by atoms with Crippen LogP contribution < -0.4 is 11.1 Å². The largest absolute Gasteiger partial charge is 0.350 e. The SMILES string of the molecule is NCc1ccc(C(=O)NCC(c2cccs2)N2CCCC2)cc1. The molecule has 1 atom stereocenters. The molecular weight excluding hydrogens is 306 g/mol. The number of rotatable bonds is 6. The summed E-state index contributed by atoms with van der Waals surface area (Å²) < 4.78 is 0. The molecule has 3 N–H and O–H groups in total. The van der Waals surface area contributed by atoms with Crippen molar-refractivity contribution >= 4 is 17.2 Å². The van der Waals surface area contributed by atoms with Gasteiger partial charge in [-0.15, -0.1) is 11.3 Å². The van der Waals surface area contributed by atoms with E-state index in [1.165, 1.54) is 17.7 Å². The maximum atomic E-state index is 12.4. The lowest BCUT2D eigenvalue weighted by atomic mass is 10.1. The minimum absolute atomic E-state index is 0.0191. The monoisotopic (exact) mass is 329 g/mol. The highest BCUT2D eigenvalue weighted by molar-refractivity contribution is 7.10. The highest BCUT2D eigenvalue weighted by atomic mass is 32.1. The molecule has 1 unspecified atom stereocenters. The highest BCUT2D eigenvalue weighted by Gasteiger charge is 2.24. The molecule has 1 aromatic heterocycles. The Morgan fingerprint density at radius 3 is 2.57 bits per heavy atom. The third-order valence-electron chi connectivity index (χ3n) is 4.36. The Labute approximate surface area is 141 Å². The number of thiophene rings is 1. The van der Waals surface area contributed by atoms with Gasteiger partial charge in [-0.3, -0.25) is 9.69 Å². The van der Waals surface area contributed by atoms with Gasteiger partial charge in [-0.05, 0) is 55.1 Å². The van der Waals surface area contributed by atoms with E-state index in [1.54, 1.807) is 11.3 Å². The average Bonchev–Trinajstić information content (AvgIpc) is 3.29. The van der Waals surface area contributed by atoms with E-state index in [2.05, 4.69) is 27.7 Å². The van der Waals surface area contributed by atoms with E-state index in [-0.39, 0.29) is 11.9 Å². The Morgan fingerprint density at radius 2 is 1.96 bits per heavy atom. The van der Waals surface area contributed by atoms with Gasteiger partial charge in [0.1, 0.15) is 0 Å². The van der Waals surface area contributed by atoms with Crippen LogP contribution in [0.25, 0.3) is 0 Å². The highest BCUT2D eigenvalue weighted by Crippen LogP contribution is 2.27. The first-order valence-electron chi connectivity index (χ1n) is 8.12. The summed E-state index contributed by atoms with van der Waals surface area (Å²) in [5, 5.41) is 5.20. The van der Waals surface area contributed by atoms with Crippen LogP contribution in [0.3, 0.4) is 0 Å². The van der Waals surface area contributed by atoms with Gasteiger partial charge in [-0.1, -0.05) is 18.2 Å². The minimum atomic E-state index is -0.0191. The molecule has 1 aliphatic rings. The summed E-state index contributed by atoms with van der Waals surface area (Å²) in [6.45, 7) is 3.38. The molecule has 5 heteroatoms. The zero-order valence-corrected chi connectivity index (χ0v) is 14.0. The molecule has 1 aliphatic heterocycles.